The number of fused-ring (bicyclic) bond motifs is 1. The van der Waals surface area contributed by atoms with Gasteiger partial charge in [0.15, 0.2) is 10.8 Å². The van der Waals surface area contributed by atoms with Crippen molar-refractivity contribution in [2.45, 2.75) is 6.54 Å². The zero-order valence-corrected chi connectivity index (χ0v) is 11.3. The summed E-state index contributed by atoms with van der Waals surface area (Å²) in [6, 6.07) is 7.91. The molecule has 0 aliphatic rings. The van der Waals surface area contributed by atoms with Gasteiger partial charge in [0.2, 0.25) is 0 Å². The SMILES string of the molecule is O=C(O)c1csc(CNc2nc3ccccc3s2)n1. The molecule has 2 aromatic heterocycles. The van der Waals surface area contributed by atoms with Crippen LogP contribution in [0.25, 0.3) is 10.2 Å². The summed E-state index contributed by atoms with van der Waals surface area (Å²) in [6.07, 6.45) is 0. The minimum absolute atomic E-state index is 0.0890. The molecule has 3 rings (SSSR count). The van der Waals surface area contributed by atoms with Crippen LogP contribution >= 0.6 is 22.7 Å². The van der Waals surface area contributed by atoms with Crippen LogP contribution in [0.15, 0.2) is 29.6 Å². The summed E-state index contributed by atoms with van der Waals surface area (Å²) in [5, 5.41) is 15.0. The van der Waals surface area contributed by atoms with Crippen molar-refractivity contribution >= 4 is 44.0 Å². The standard InChI is InChI=1S/C12H9N3O2S2/c16-11(17)8-6-18-10(14-8)5-13-12-15-7-3-1-2-4-9(7)19-12/h1-4,6H,5H2,(H,13,15)(H,16,17). The number of hydrogen-bond acceptors (Lipinski definition) is 6. The third-order valence-electron chi connectivity index (χ3n) is 2.46. The van der Waals surface area contributed by atoms with E-state index < -0.39 is 5.97 Å². The molecule has 0 saturated carbocycles. The Morgan fingerprint density at radius 1 is 1.32 bits per heavy atom. The number of carboxylic acids is 1. The first-order valence-electron chi connectivity index (χ1n) is 5.49. The lowest BCUT2D eigenvalue weighted by Crippen LogP contribution is -2.00. The number of nitrogens with zero attached hydrogens (tertiary/aromatic N) is 2. The Hall–Kier alpha value is -1.99. The highest BCUT2D eigenvalue weighted by Crippen LogP contribution is 2.25. The van der Waals surface area contributed by atoms with Crippen molar-refractivity contribution in [3.8, 4) is 0 Å². The van der Waals surface area contributed by atoms with Gasteiger partial charge in [-0.25, -0.2) is 14.8 Å². The fraction of sp³-hybridized carbons (Fsp3) is 0.0833. The van der Waals surface area contributed by atoms with Gasteiger partial charge in [-0.05, 0) is 12.1 Å². The van der Waals surface area contributed by atoms with Gasteiger partial charge >= 0.3 is 5.97 Å². The number of aromatic nitrogens is 2. The fourth-order valence-corrected chi connectivity index (χ4v) is 3.16. The third kappa shape index (κ3) is 2.56. The van der Waals surface area contributed by atoms with E-state index in [1.54, 1.807) is 11.3 Å². The molecule has 0 radical (unpaired) electrons. The number of thiazole rings is 2. The molecule has 0 saturated heterocycles. The quantitative estimate of drug-likeness (QED) is 0.772. The summed E-state index contributed by atoms with van der Waals surface area (Å²) in [6.45, 7) is 0.484. The highest BCUT2D eigenvalue weighted by atomic mass is 32.1. The Balaban J connectivity index is 1.72. The average Bonchev–Trinajstić information content (AvgIpc) is 3.02. The van der Waals surface area contributed by atoms with E-state index in [4.69, 9.17) is 5.11 Å². The first-order chi connectivity index (χ1) is 9.22. The Morgan fingerprint density at radius 2 is 2.16 bits per heavy atom. The Morgan fingerprint density at radius 3 is 2.89 bits per heavy atom. The Labute approximate surface area is 116 Å². The first kappa shape index (κ1) is 12.1. The highest BCUT2D eigenvalue weighted by Gasteiger charge is 2.09. The molecule has 2 heterocycles. The van der Waals surface area contributed by atoms with Crippen molar-refractivity contribution in [1.29, 1.82) is 0 Å². The van der Waals surface area contributed by atoms with Crippen LogP contribution < -0.4 is 5.32 Å². The molecule has 0 bridgehead atoms. The number of aromatic carboxylic acids is 1. The van der Waals surface area contributed by atoms with E-state index in [9.17, 15) is 4.79 Å². The molecular weight excluding hydrogens is 282 g/mol. The molecule has 7 heteroatoms. The third-order valence-corrected chi connectivity index (χ3v) is 4.30. The van der Waals surface area contributed by atoms with Crippen molar-refractivity contribution in [1.82, 2.24) is 9.97 Å². The summed E-state index contributed by atoms with van der Waals surface area (Å²) in [4.78, 5) is 19.2. The van der Waals surface area contributed by atoms with Gasteiger partial charge < -0.3 is 10.4 Å². The van der Waals surface area contributed by atoms with E-state index in [2.05, 4.69) is 15.3 Å². The molecule has 5 nitrogen and oxygen atoms in total. The molecule has 0 fully saturated rings. The summed E-state index contributed by atoms with van der Waals surface area (Å²) in [5.41, 5.74) is 1.05. The van der Waals surface area contributed by atoms with E-state index in [0.29, 0.717) is 6.54 Å². The number of carboxylic acid groups (broad SMARTS) is 1. The van der Waals surface area contributed by atoms with Gasteiger partial charge in [0, 0.05) is 5.38 Å². The molecule has 0 aliphatic carbocycles. The second-order valence-corrected chi connectivity index (χ2v) is 5.75. The molecule has 0 unspecified atom stereocenters. The fourth-order valence-electron chi connectivity index (χ4n) is 1.59. The monoisotopic (exact) mass is 291 g/mol. The van der Waals surface area contributed by atoms with Crippen LogP contribution in [-0.2, 0) is 6.54 Å². The molecule has 0 spiro atoms. The van der Waals surface area contributed by atoms with Gasteiger partial charge in [-0.1, -0.05) is 23.5 Å². The smallest absolute Gasteiger partial charge is 0.355 e. The number of carbonyl (C=O) groups is 1. The maximum absolute atomic E-state index is 10.7. The van der Waals surface area contributed by atoms with Crippen molar-refractivity contribution < 1.29 is 9.90 Å². The van der Waals surface area contributed by atoms with Crippen molar-refractivity contribution in [2.24, 2.45) is 0 Å². The number of anilines is 1. The van der Waals surface area contributed by atoms with Crippen LogP contribution in [-0.4, -0.2) is 21.0 Å². The van der Waals surface area contributed by atoms with Gasteiger partial charge in [0.1, 0.15) is 5.01 Å². The zero-order chi connectivity index (χ0) is 13.2. The molecule has 2 N–H and O–H groups in total. The van der Waals surface area contributed by atoms with Crippen LogP contribution in [0.2, 0.25) is 0 Å². The second kappa shape index (κ2) is 4.94. The summed E-state index contributed by atoms with van der Waals surface area (Å²) in [7, 11) is 0. The lowest BCUT2D eigenvalue weighted by molar-refractivity contribution is 0.0691. The van der Waals surface area contributed by atoms with Crippen LogP contribution in [0.3, 0.4) is 0 Å². The van der Waals surface area contributed by atoms with E-state index in [1.807, 2.05) is 24.3 Å². The maximum atomic E-state index is 10.7. The number of hydrogen-bond donors (Lipinski definition) is 2. The summed E-state index contributed by atoms with van der Waals surface area (Å²) in [5.74, 6) is -0.998. The van der Waals surface area contributed by atoms with Crippen LogP contribution in [0.1, 0.15) is 15.5 Å². The molecule has 0 amide bonds. The maximum Gasteiger partial charge on any atom is 0.355 e. The van der Waals surface area contributed by atoms with E-state index in [1.165, 1.54) is 16.7 Å². The van der Waals surface area contributed by atoms with Crippen LogP contribution in [0.5, 0.6) is 0 Å². The number of nitrogens with one attached hydrogen (secondary N) is 1. The molecule has 1 aromatic carbocycles. The second-order valence-electron chi connectivity index (χ2n) is 3.77. The first-order valence-corrected chi connectivity index (χ1v) is 7.19. The highest BCUT2D eigenvalue weighted by molar-refractivity contribution is 7.22. The Kier molecular flexibility index (Phi) is 3.14. The molecule has 0 atom stereocenters. The summed E-state index contributed by atoms with van der Waals surface area (Å²) < 4.78 is 1.12. The van der Waals surface area contributed by atoms with Gasteiger partial charge in [0.25, 0.3) is 0 Å². The molecule has 3 aromatic rings. The molecule has 19 heavy (non-hydrogen) atoms. The topological polar surface area (TPSA) is 75.1 Å². The van der Waals surface area contributed by atoms with Crippen molar-refractivity contribution in [3.05, 3.63) is 40.3 Å². The van der Waals surface area contributed by atoms with E-state index in [-0.39, 0.29) is 5.69 Å². The summed E-state index contributed by atoms with van der Waals surface area (Å²) >= 11 is 2.89. The Bertz CT molecular complexity index is 702. The van der Waals surface area contributed by atoms with Crippen molar-refractivity contribution in [3.63, 3.8) is 0 Å². The predicted octanol–water partition coefficient (Wildman–Crippen LogP) is 3.06. The van der Waals surface area contributed by atoms with E-state index >= 15 is 0 Å². The largest absolute Gasteiger partial charge is 0.476 e. The molecular formula is C12H9N3O2S2. The van der Waals surface area contributed by atoms with Crippen molar-refractivity contribution in [2.75, 3.05) is 5.32 Å². The van der Waals surface area contributed by atoms with E-state index in [0.717, 1.165) is 20.4 Å². The number of benzene rings is 1. The van der Waals surface area contributed by atoms with Gasteiger partial charge in [0.05, 0.1) is 16.8 Å². The predicted molar refractivity (Wildman–Crippen MR) is 76.0 cm³/mol. The number of para-hydroxylation sites is 1. The van der Waals surface area contributed by atoms with Gasteiger partial charge in [-0.3, -0.25) is 0 Å². The molecule has 0 aliphatic heterocycles. The lowest BCUT2D eigenvalue weighted by Gasteiger charge is -1.97. The minimum atomic E-state index is -0.998. The van der Waals surface area contributed by atoms with Gasteiger partial charge in [-0.2, -0.15) is 0 Å². The lowest BCUT2D eigenvalue weighted by atomic mass is 10.3. The normalized spacial score (nSPS) is 10.7. The zero-order valence-electron chi connectivity index (χ0n) is 9.66. The average molecular weight is 291 g/mol. The van der Waals surface area contributed by atoms with Crippen LogP contribution in [0, 0.1) is 0 Å². The van der Waals surface area contributed by atoms with Crippen LogP contribution in [0.4, 0.5) is 5.13 Å². The molecule has 96 valence electrons. The number of rotatable bonds is 4. The van der Waals surface area contributed by atoms with Gasteiger partial charge in [-0.15, -0.1) is 11.3 Å². The minimum Gasteiger partial charge on any atom is -0.476 e.